The van der Waals surface area contributed by atoms with Gasteiger partial charge in [0.2, 0.25) is 0 Å². The van der Waals surface area contributed by atoms with Gasteiger partial charge in [0.25, 0.3) is 5.91 Å². The van der Waals surface area contributed by atoms with Crippen molar-refractivity contribution < 1.29 is 23.8 Å². The van der Waals surface area contributed by atoms with Crippen molar-refractivity contribution in [2.45, 2.75) is 6.54 Å². The molecule has 3 aromatic rings. The Bertz CT molecular complexity index is 1040. The van der Waals surface area contributed by atoms with Crippen molar-refractivity contribution in [1.29, 1.82) is 0 Å². The molecule has 0 saturated heterocycles. The zero-order chi connectivity index (χ0) is 18.8. The van der Waals surface area contributed by atoms with Crippen LogP contribution in [0.25, 0.3) is 6.08 Å². The summed E-state index contributed by atoms with van der Waals surface area (Å²) in [6.07, 6.45) is 3.06. The summed E-state index contributed by atoms with van der Waals surface area (Å²) in [5.41, 5.74) is 1.50. The minimum Gasteiger partial charge on any atom is -0.478 e. The predicted molar refractivity (Wildman–Crippen MR) is 98.3 cm³/mol. The maximum Gasteiger partial charge on any atom is 0.335 e. The summed E-state index contributed by atoms with van der Waals surface area (Å²) >= 11 is 0. The van der Waals surface area contributed by atoms with E-state index in [2.05, 4.69) is 0 Å². The third kappa shape index (κ3) is 3.32. The van der Waals surface area contributed by atoms with E-state index < -0.39 is 5.97 Å². The zero-order valence-corrected chi connectivity index (χ0v) is 14.2. The number of para-hydroxylation sites is 2. The van der Waals surface area contributed by atoms with Crippen LogP contribution in [0, 0.1) is 0 Å². The van der Waals surface area contributed by atoms with Crippen LogP contribution in [0.2, 0.25) is 0 Å². The van der Waals surface area contributed by atoms with Crippen molar-refractivity contribution in [2.75, 3.05) is 4.90 Å². The van der Waals surface area contributed by atoms with Gasteiger partial charge in [-0.2, -0.15) is 0 Å². The predicted octanol–water partition coefficient (Wildman–Crippen LogP) is 3.94. The van der Waals surface area contributed by atoms with Crippen molar-refractivity contribution in [3.8, 4) is 5.75 Å². The Labute approximate surface area is 154 Å². The number of carbonyl (C=O) groups excluding carboxylic acids is 1. The molecule has 134 valence electrons. The highest BCUT2D eigenvalue weighted by Crippen LogP contribution is 2.36. The Hall–Kier alpha value is -3.80. The molecule has 4 rings (SSSR count). The second-order valence-corrected chi connectivity index (χ2v) is 5.99. The maximum atomic E-state index is 13.0. The number of benzene rings is 2. The molecule has 27 heavy (non-hydrogen) atoms. The lowest BCUT2D eigenvalue weighted by molar-refractivity contribution is -0.117. The van der Waals surface area contributed by atoms with Crippen molar-refractivity contribution in [1.82, 2.24) is 0 Å². The number of carbonyl (C=O) groups is 2. The summed E-state index contributed by atoms with van der Waals surface area (Å²) in [6, 6.07) is 17.2. The van der Waals surface area contributed by atoms with Gasteiger partial charge in [-0.3, -0.25) is 9.69 Å². The minimum absolute atomic E-state index is 0.137. The van der Waals surface area contributed by atoms with Crippen LogP contribution in [0.1, 0.15) is 21.7 Å². The molecule has 1 N–H and O–H groups in total. The summed E-state index contributed by atoms with van der Waals surface area (Å²) in [4.78, 5) is 25.8. The zero-order valence-electron chi connectivity index (χ0n) is 14.2. The van der Waals surface area contributed by atoms with Crippen molar-refractivity contribution >= 4 is 23.6 Å². The molecular weight excluding hydrogens is 346 g/mol. The molecule has 0 atom stereocenters. The largest absolute Gasteiger partial charge is 0.478 e. The van der Waals surface area contributed by atoms with E-state index in [4.69, 9.17) is 9.15 Å². The highest BCUT2D eigenvalue weighted by molar-refractivity contribution is 6.09. The molecule has 1 amide bonds. The van der Waals surface area contributed by atoms with Crippen LogP contribution in [0.15, 0.2) is 77.1 Å². The summed E-state index contributed by atoms with van der Waals surface area (Å²) in [5, 5.41) is 9.19. The van der Waals surface area contributed by atoms with Crippen LogP contribution < -0.4 is 9.64 Å². The fourth-order valence-electron chi connectivity index (χ4n) is 2.91. The first kappa shape index (κ1) is 16.7. The van der Waals surface area contributed by atoms with E-state index in [1.807, 2.05) is 12.1 Å². The summed E-state index contributed by atoms with van der Waals surface area (Å²) in [7, 11) is 0. The lowest BCUT2D eigenvalue weighted by atomic mass is 10.1. The Morgan fingerprint density at radius 3 is 2.70 bits per heavy atom. The van der Waals surface area contributed by atoms with Gasteiger partial charge in [-0.05, 0) is 42.0 Å². The van der Waals surface area contributed by atoms with E-state index in [0.717, 1.165) is 0 Å². The van der Waals surface area contributed by atoms with E-state index >= 15 is 0 Å². The van der Waals surface area contributed by atoms with Gasteiger partial charge in [0.15, 0.2) is 11.5 Å². The molecule has 0 unspecified atom stereocenters. The second-order valence-electron chi connectivity index (χ2n) is 5.99. The van der Waals surface area contributed by atoms with Gasteiger partial charge in [-0.1, -0.05) is 24.3 Å². The van der Waals surface area contributed by atoms with E-state index in [1.165, 1.54) is 12.3 Å². The van der Waals surface area contributed by atoms with E-state index in [9.17, 15) is 14.7 Å². The molecule has 6 nitrogen and oxygen atoms in total. The molecule has 0 spiro atoms. The topological polar surface area (TPSA) is 80.0 Å². The van der Waals surface area contributed by atoms with Gasteiger partial charge in [0.05, 0.1) is 24.1 Å². The lowest BCUT2D eigenvalue weighted by Gasteiger charge is -2.30. The number of fused-ring (bicyclic) bond motifs is 1. The number of hydrogen-bond donors (Lipinski definition) is 1. The van der Waals surface area contributed by atoms with Crippen LogP contribution in [0.4, 0.5) is 5.69 Å². The van der Waals surface area contributed by atoms with Crippen molar-refractivity contribution in [3.63, 3.8) is 0 Å². The summed E-state index contributed by atoms with van der Waals surface area (Å²) in [5.74, 6) is -0.150. The molecule has 6 heteroatoms. The number of amides is 1. The third-order valence-electron chi connectivity index (χ3n) is 4.16. The highest BCUT2D eigenvalue weighted by Gasteiger charge is 2.30. The monoisotopic (exact) mass is 361 g/mol. The van der Waals surface area contributed by atoms with Crippen molar-refractivity contribution in [2.24, 2.45) is 0 Å². The first-order chi connectivity index (χ1) is 13.1. The number of rotatable bonds is 4. The van der Waals surface area contributed by atoms with Gasteiger partial charge in [0, 0.05) is 6.08 Å². The average Bonchev–Trinajstić information content (AvgIpc) is 3.18. The van der Waals surface area contributed by atoms with Gasteiger partial charge in [-0.15, -0.1) is 0 Å². The van der Waals surface area contributed by atoms with E-state index in [1.54, 1.807) is 53.4 Å². The molecule has 2 aromatic carbocycles. The first-order valence-corrected chi connectivity index (χ1v) is 8.28. The second kappa shape index (κ2) is 6.84. The number of hydrogen-bond acceptors (Lipinski definition) is 4. The third-order valence-corrected chi connectivity index (χ3v) is 4.16. The van der Waals surface area contributed by atoms with E-state index in [0.29, 0.717) is 22.8 Å². The quantitative estimate of drug-likeness (QED) is 0.712. The molecule has 1 aliphatic rings. The van der Waals surface area contributed by atoms with Crippen LogP contribution >= 0.6 is 0 Å². The minimum atomic E-state index is -1.01. The van der Waals surface area contributed by atoms with Crippen LogP contribution in [0.5, 0.6) is 5.75 Å². The Morgan fingerprint density at radius 2 is 1.93 bits per heavy atom. The highest BCUT2D eigenvalue weighted by atomic mass is 16.5. The Morgan fingerprint density at radius 1 is 1.07 bits per heavy atom. The molecule has 0 saturated carbocycles. The van der Waals surface area contributed by atoms with Gasteiger partial charge >= 0.3 is 5.97 Å². The molecular formula is C21H15NO5. The normalized spacial score (nSPS) is 14.7. The summed E-state index contributed by atoms with van der Waals surface area (Å²) in [6.45, 7) is 0.218. The average molecular weight is 361 g/mol. The number of ether oxygens (including phenoxy) is 1. The van der Waals surface area contributed by atoms with Crippen molar-refractivity contribution in [3.05, 3.63) is 89.6 Å². The lowest BCUT2D eigenvalue weighted by Crippen LogP contribution is -2.36. The first-order valence-electron chi connectivity index (χ1n) is 8.28. The number of nitrogens with zero attached hydrogens (tertiary/aromatic N) is 1. The maximum absolute atomic E-state index is 13.0. The fourth-order valence-corrected chi connectivity index (χ4v) is 2.91. The molecule has 0 radical (unpaired) electrons. The standard InChI is InChI=1S/C21H15NO5/c23-20-19(12-16-7-4-10-26-16)27-18-9-2-1-8-17(18)22(20)13-14-5-3-6-15(11-14)21(24)25/h1-12H,13H2,(H,24,25)/b19-12+. The smallest absolute Gasteiger partial charge is 0.335 e. The van der Waals surface area contributed by atoms with Gasteiger partial charge in [0.1, 0.15) is 5.76 Å². The van der Waals surface area contributed by atoms with Crippen LogP contribution in [0.3, 0.4) is 0 Å². The molecule has 0 bridgehead atoms. The SMILES string of the molecule is O=C(O)c1cccc(CN2C(=O)/C(=C\c3ccco3)Oc3ccccc32)c1. The van der Waals surface area contributed by atoms with Crippen LogP contribution in [-0.4, -0.2) is 17.0 Å². The van der Waals surface area contributed by atoms with Gasteiger partial charge < -0.3 is 14.3 Å². The Balaban J connectivity index is 1.72. The number of furan rings is 1. The number of carboxylic acids is 1. The number of anilines is 1. The molecule has 0 fully saturated rings. The molecule has 1 aromatic heterocycles. The molecule has 0 aliphatic carbocycles. The number of carboxylic acid groups (broad SMARTS) is 1. The van der Waals surface area contributed by atoms with Gasteiger partial charge in [-0.25, -0.2) is 4.79 Å². The Kier molecular flexibility index (Phi) is 4.22. The van der Waals surface area contributed by atoms with E-state index in [-0.39, 0.29) is 23.8 Å². The molecule has 2 heterocycles. The molecule has 1 aliphatic heterocycles. The van der Waals surface area contributed by atoms with Crippen LogP contribution in [-0.2, 0) is 11.3 Å². The number of aromatic carboxylic acids is 1. The summed E-state index contributed by atoms with van der Waals surface area (Å²) < 4.78 is 11.0. The fraction of sp³-hybridized carbons (Fsp3) is 0.0476.